The number of hydrogen-bond donors (Lipinski definition) is 1. The lowest BCUT2D eigenvalue weighted by atomic mass is 10.1. The van der Waals surface area contributed by atoms with Gasteiger partial charge in [0.25, 0.3) is 0 Å². The van der Waals surface area contributed by atoms with Gasteiger partial charge in [0.2, 0.25) is 0 Å². The maximum atomic E-state index is 9.09. The first kappa shape index (κ1) is 12.5. The Balaban J connectivity index is 2.69. The van der Waals surface area contributed by atoms with Crippen LogP contribution < -0.4 is 4.90 Å². The van der Waals surface area contributed by atoms with Crippen molar-refractivity contribution in [3.63, 3.8) is 0 Å². The molecule has 0 aliphatic rings. The maximum Gasteiger partial charge on any atom is 0.185 e. The van der Waals surface area contributed by atoms with Crippen molar-refractivity contribution in [2.24, 2.45) is 5.92 Å². The largest absolute Gasteiger partial charge is 0.391 e. The Morgan fingerprint density at radius 3 is 2.67 bits per heavy atom. The number of rotatable bonds is 5. The Hall–Kier alpha value is -0.610. The van der Waals surface area contributed by atoms with Gasteiger partial charge in [0.05, 0.1) is 17.2 Å². The molecule has 4 heteroatoms. The third kappa shape index (κ3) is 3.18. The standard InChI is InChI=1S/C11H20N2OS/c1-5-8(2)6-13(4)11-12-9(3)10(7-14)15-11/h8,14H,5-7H2,1-4H3. The van der Waals surface area contributed by atoms with E-state index in [1.807, 2.05) is 6.92 Å². The highest BCUT2D eigenvalue weighted by molar-refractivity contribution is 7.15. The first-order valence-electron chi connectivity index (χ1n) is 5.36. The van der Waals surface area contributed by atoms with E-state index in [1.165, 1.54) is 6.42 Å². The van der Waals surface area contributed by atoms with Crippen molar-refractivity contribution in [1.29, 1.82) is 0 Å². The SMILES string of the molecule is CCC(C)CN(C)c1nc(C)c(CO)s1. The van der Waals surface area contributed by atoms with Gasteiger partial charge in [0.1, 0.15) is 0 Å². The van der Waals surface area contributed by atoms with Crippen LogP contribution in [0.4, 0.5) is 5.13 Å². The summed E-state index contributed by atoms with van der Waals surface area (Å²) in [4.78, 5) is 7.60. The second kappa shape index (κ2) is 5.47. The normalized spacial score (nSPS) is 12.9. The van der Waals surface area contributed by atoms with Crippen LogP contribution in [0.1, 0.15) is 30.8 Å². The molecule has 1 aromatic rings. The molecule has 0 radical (unpaired) electrons. The summed E-state index contributed by atoms with van der Waals surface area (Å²) >= 11 is 1.58. The van der Waals surface area contributed by atoms with Crippen LogP contribution in [0.15, 0.2) is 0 Å². The van der Waals surface area contributed by atoms with Crippen molar-refractivity contribution in [3.8, 4) is 0 Å². The zero-order valence-corrected chi connectivity index (χ0v) is 10.8. The van der Waals surface area contributed by atoms with Crippen molar-refractivity contribution < 1.29 is 5.11 Å². The number of anilines is 1. The summed E-state index contributed by atoms with van der Waals surface area (Å²) in [5.41, 5.74) is 0.952. The number of aliphatic hydroxyl groups excluding tert-OH is 1. The fraction of sp³-hybridized carbons (Fsp3) is 0.727. The first-order valence-corrected chi connectivity index (χ1v) is 6.18. The highest BCUT2D eigenvalue weighted by Gasteiger charge is 2.12. The van der Waals surface area contributed by atoms with Gasteiger partial charge in [-0.15, -0.1) is 0 Å². The van der Waals surface area contributed by atoms with Crippen LogP contribution in [-0.2, 0) is 6.61 Å². The van der Waals surface area contributed by atoms with Crippen LogP contribution in [0.2, 0.25) is 0 Å². The number of hydrogen-bond acceptors (Lipinski definition) is 4. The zero-order valence-electron chi connectivity index (χ0n) is 9.95. The number of aryl methyl sites for hydroxylation is 1. The summed E-state index contributed by atoms with van der Waals surface area (Å²) in [6, 6.07) is 0. The van der Waals surface area contributed by atoms with Gasteiger partial charge in [-0.2, -0.15) is 0 Å². The van der Waals surface area contributed by atoms with E-state index in [9.17, 15) is 0 Å². The molecule has 3 nitrogen and oxygen atoms in total. The molecule has 0 amide bonds. The molecule has 1 heterocycles. The molecule has 1 unspecified atom stereocenters. The van der Waals surface area contributed by atoms with E-state index in [0.29, 0.717) is 5.92 Å². The summed E-state index contributed by atoms with van der Waals surface area (Å²) in [5, 5.41) is 10.1. The molecule has 86 valence electrons. The minimum absolute atomic E-state index is 0.0979. The Labute approximate surface area is 95.8 Å². The van der Waals surface area contributed by atoms with Gasteiger partial charge in [0, 0.05) is 13.6 Å². The lowest BCUT2D eigenvalue weighted by Crippen LogP contribution is -2.23. The summed E-state index contributed by atoms with van der Waals surface area (Å²) in [6.45, 7) is 7.51. The van der Waals surface area contributed by atoms with E-state index in [0.717, 1.165) is 22.2 Å². The lowest BCUT2D eigenvalue weighted by molar-refractivity contribution is 0.284. The monoisotopic (exact) mass is 228 g/mol. The summed E-state index contributed by atoms with van der Waals surface area (Å²) in [5.74, 6) is 0.678. The minimum atomic E-state index is 0.0979. The number of nitrogens with zero attached hydrogens (tertiary/aromatic N) is 2. The van der Waals surface area contributed by atoms with Crippen LogP contribution in [-0.4, -0.2) is 23.7 Å². The summed E-state index contributed by atoms with van der Waals surface area (Å²) < 4.78 is 0. The molecule has 1 N–H and O–H groups in total. The molecular weight excluding hydrogens is 208 g/mol. The molecule has 1 aromatic heterocycles. The fourth-order valence-corrected chi connectivity index (χ4v) is 2.29. The Kier molecular flexibility index (Phi) is 4.54. The van der Waals surface area contributed by atoms with Crippen LogP contribution in [0.25, 0.3) is 0 Å². The van der Waals surface area contributed by atoms with Crippen molar-refractivity contribution >= 4 is 16.5 Å². The van der Waals surface area contributed by atoms with Crippen LogP contribution in [0, 0.1) is 12.8 Å². The third-order valence-corrected chi connectivity index (χ3v) is 3.89. The predicted molar refractivity (Wildman–Crippen MR) is 65.5 cm³/mol. The van der Waals surface area contributed by atoms with Gasteiger partial charge in [-0.05, 0) is 12.8 Å². The Morgan fingerprint density at radius 2 is 2.20 bits per heavy atom. The van der Waals surface area contributed by atoms with Gasteiger partial charge >= 0.3 is 0 Å². The van der Waals surface area contributed by atoms with Crippen LogP contribution in [0.3, 0.4) is 0 Å². The summed E-state index contributed by atoms with van der Waals surface area (Å²) in [6.07, 6.45) is 1.18. The minimum Gasteiger partial charge on any atom is -0.391 e. The van der Waals surface area contributed by atoms with Gasteiger partial charge < -0.3 is 10.0 Å². The molecular formula is C11H20N2OS. The van der Waals surface area contributed by atoms with E-state index in [2.05, 4.69) is 30.8 Å². The molecule has 0 spiro atoms. The number of aromatic nitrogens is 1. The summed E-state index contributed by atoms with van der Waals surface area (Å²) in [7, 11) is 2.06. The second-order valence-electron chi connectivity index (χ2n) is 4.06. The highest BCUT2D eigenvalue weighted by atomic mass is 32.1. The van der Waals surface area contributed by atoms with Gasteiger partial charge in [-0.1, -0.05) is 31.6 Å². The smallest absolute Gasteiger partial charge is 0.185 e. The van der Waals surface area contributed by atoms with Gasteiger partial charge in [-0.25, -0.2) is 4.98 Å². The molecule has 0 aliphatic heterocycles. The molecule has 15 heavy (non-hydrogen) atoms. The van der Waals surface area contributed by atoms with Crippen LogP contribution >= 0.6 is 11.3 Å². The van der Waals surface area contributed by atoms with Crippen molar-refractivity contribution in [1.82, 2.24) is 4.98 Å². The maximum absolute atomic E-state index is 9.09. The van der Waals surface area contributed by atoms with E-state index < -0.39 is 0 Å². The third-order valence-electron chi connectivity index (χ3n) is 2.63. The molecule has 0 saturated heterocycles. The van der Waals surface area contributed by atoms with Crippen molar-refractivity contribution in [2.45, 2.75) is 33.8 Å². The van der Waals surface area contributed by atoms with E-state index >= 15 is 0 Å². The van der Waals surface area contributed by atoms with E-state index in [-0.39, 0.29) is 6.61 Å². The molecule has 0 bridgehead atoms. The molecule has 1 atom stereocenters. The van der Waals surface area contributed by atoms with E-state index in [4.69, 9.17) is 5.11 Å². The molecule has 0 aromatic carbocycles. The average Bonchev–Trinajstić information content (AvgIpc) is 2.59. The van der Waals surface area contributed by atoms with Crippen molar-refractivity contribution in [3.05, 3.63) is 10.6 Å². The first-order chi connectivity index (χ1) is 7.08. The predicted octanol–water partition coefficient (Wildman–Crippen LogP) is 2.43. The fourth-order valence-electron chi connectivity index (χ4n) is 1.40. The highest BCUT2D eigenvalue weighted by Crippen LogP contribution is 2.25. The zero-order chi connectivity index (χ0) is 11.4. The topological polar surface area (TPSA) is 36.4 Å². The van der Waals surface area contributed by atoms with Crippen LogP contribution in [0.5, 0.6) is 0 Å². The molecule has 0 fully saturated rings. The lowest BCUT2D eigenvalue weighted by Gasteiger charge is -2.19. The van der Waals surface area contributed by atoms with Gasteiger partial charge in [-0.3, -0.25) is 0 Å². The Bertz CT molecular complexity index is 312. The number of aliphatic hydroxyl groups is 1. The van der Waals surface area contributed by atoms with Crippen molar-refractivity contribution in [2.75, 3.05) is 18.5 Å². The van der Waals surface area contributed by atoms with Gasteiger partial charge in [0.15, 0.2) is 5.13 Å². The Morgan fingerprint density at radius 1 is 1.53 bits per heavy atom. The second-order valence-corrected chi connectivity index (χ2v) is 5.12. The number of thiazole rings is 1. The molecule has 1 rings (SSSR count). The quantitative estimate of drug-likeness (QED) is 0.841. The average molecular weight is 228 g/mol. The molecule has 0 aliphatic carbocycles. The molecule has 0 saturated carbocycles. The van der Waals surface area contributed by atoms with E-state index in [1.54, 1.807) is 11.3 Å².